The molecule has 3 heteroatoms. The number of halogens is 1. The molecule has 0 saturated carbocycles. The Kier molecular flexibility index (Phi) is 2.42. The minimum Gasteiger partial charge on any atom is -0.381 e. The molecule has 1 rings (SSSR count). The van der Waals surface area contributed by atoms with Crippen molar-refractivity contribution in [3.63, 3.8) is 0 Å². The summed E-state index contributed by atoms with van der Waals surface area (Å²) in [4.78, 5) is 0. The normalized spacial score (nSPS) is 36.1. The van der Waals surface area contributed by atoms with Gasteiger partial charge in [0, 0.05) is 7.11 Å². The van der Waals surface area contributed by atoms with E-state index < -0.39 is 11.8 Å². The first-order valence-corrected chi connectivity index (χ1v) is 3.40. The summed E-state index contributed by atoms with van der Waals surface area (Å²) in [6.07, 6.45) is 4.51. The van der Waals surface area contributed by atoms with E-state index in [-0.39, 0.29) is 6.61 Å². The summed E-state index contributed by atoms with van der Waals surface area (Å²) in [5, 5.41) is 9.50. The van der Waals surface area contributed by atoms with Gasteiger partial charge >= 0.3 is 0 Å². The highest BCUT2D eigenvalue weighted by molar-refractivity contribution is 5.22. The van der Waals surface area contributed by atoms with Crippen LogP contribution in [-0.2, 0) is 4.74 Å². The molecule has 0 aliphatic heterocycles. The molecule has 0 fully saturated rings. The molecule has 1 aliphatic carbocycles. The van der Waals surface area contributed by atoms with Crippen LogP contribution in [0.25, 0.3) is 0 Å². The van der Waals surface area contributed by atoms with Gasteiger partial charge in [-0.05, 0) is 12.2 Å². The molecule has 11 heavy (non-hydrogen) atoms. The molecule has 2 nitrogen and oxygen atoms in total. The van der Waals surface area contributed by atoms with Crippen LogP contribution in [0.5, 0.6) is 0 Å². The summed E-state index contributed by atoms with van der Waals surface area (Å²) in [5.41, 5.74) is -1.47. The van der Waals surface area contributed by atoms with Gasteiger partial charge in [0.05, 0.1) is 6.61 Å². The van der Waals surface area contributed by atoms with Gasteiger partial charge in [-0.2, -0.15) is 0 Å². The highest BCUT2D eigenvalue weighted by atomic mass is 19.1. The van der Waals surface area contributed by atoms with Crippen molar-refractivity contribution in [3.05, 3.63) is 24.3 Å². The maximum absolute atomic E-state index is 13.0. The number of aliphatic hydroxyl groups is 1. The van der Waals surface area contributed by atoms with Crippen LogP contribution in [0.3, 0.4) is 0 Å². The first kappa shape index (κ1) is 8.43. The largest absolute Gasteiger partial charge is 0.381 e. The first-order chi connectivity index (χ1) is 5.19. The van der Waals surface area contributed by atoms with E-state index in [4.69, 9.17) is 0 Å². The second-order valence-electron chi connectivity index (χ2n) is 2.57. The van der Waals surface area contributed by atoms with Crippen molar-refractivity contribution in [1.82, 2.24) is 0 Å². The van der Waals surface area contributed by atoms with Gasteiger partial charge in [0.2, 0.25) is 0 Å². The molecule has 0 heterocycles. The van der Waals surface area contributed by atoms with Gasteiger partial charge in [-0.25, -0.2) is 4.39 Å². The van der Waals surface area contributed by atoms with E-state index in [1.165, 1.54) is 19.3 Å². The molecule has 62 valence electrons. The van der Waals surface area contributed by atoms with Gasteiger partial charge in [-0.3, -0.25) is 0 Å². The molecule has 0 aromatic rings. The quantitative estimate of drug-likeness (QED) is 0.645. The van der Waals surface area contributed by atoms with E-state index in [1.807, 2.05) is 0 Å². The summed E-state index contributed by atoms with van der Waals surface area (Å²) >= 11 is 0. The fourth-order valence-electron chi connectivity index (χ4n) is 1.00. The smallest absolute Gasteiger partial charge is 0.153 e. The molecule has 0 spiro atoms. The highest BCUT2D eigenvalue weighted by Crippen LogP contribution is 2.21. The van der Waals surface area contributed by atoms with E-state index in [0.29, 0.717) is 0 Å². The van der Waals surface area contributed by atoms with Gasteiger partial charge < -0.3 is 9.84 Å². The zero-order valence-electron chi connectivity index (χ0n) is 6.33. The van der Waals surface area contributed by atoms with Crippen LogP contribution in [0, 0.1) is 0 Å². The predicted octanol–water partition coefficient (Wildman–Crippen LogP) is 0.828. The van der Waals surface area contributed by atoms with Crippen molar-refractivity contribution in [1.29, 1.82) is 0 Å². The maximum Gasteiger partial charge on any atom is 0.153 e. The summed E-state index contributed by atoms with van der Waals surface area (Å²) in [5.74, 6) is 0. The predicted molar refractivity (Wildman–Crippen MR) is 40.0 cm³/mol. The van der Waals surface area contributed by atoms with E-state index in [1.54, 1.807) is 12.2 Å². The molecule has 1 N–H and O–H groups in total. The van der Waals surface area contributed by atoms with Gasteiger partial charge in [-0.15, -0.1) is 0 Å². The summed E-state index contributed by atoms with van der Waals surface area (Å²) in [6.45, 7) is -0.0188. The third kappa shape index (κ3) is 1.67. The van der Waals surface area contributed by atoms with Crippen LogP contribution in [0.15, 0.2) is 24.3 Å². The van der Waals surface area contributed by atoms with Crippen LogP contribution in [0.2, 0.25) is 0 Å². The van der Waals surface area contributed by atoms with Crippen molar-refractivity contribution in [2.45, 2.75) is 11.8 Å². The number of methoxy groups -OCH3 is 1. The SMILES string of the molecule is COCC1(O)C=CC=CC1F. The summed E-state index contributed by atoms with van der Waals surface area (Å²) in [7, 11) is 1.43. The molecule has 0 radical (unpaired) electrons. The van der Waals surface area contributed by atoms with Crippen molar-refractivity contribution in [2.75, 3.05) is 13.7 Å². The maximum atomic E-state index is 13.0. The first-order valence-electron chi connectivity index (χ1n) is 3.40. The minimum absolute atomic E-state index is 0.0188. The van der Waals surface area contributed by atoms with Crippen LogP contribution >= 0.6 is 0 Å². The molecule has 2 unspecified atom stereocenters. The van der Waals surface area contributed by atoms with E-state index in [0.717, 1.165) is 0 Å². The lowest BCUT2D eigenvalue weighted by Gasteiger charge is -2.27. The minimum atomic E-state index is -1.47. The average molecular weight is 158 g/mol. The second kappa shape index (κ2) is 3.15. The van der Waals surface area contributed by atoms with Gasteiger partial charge in [0.25, 0.3) is 0 Å². The monoisotopic (exact) mass is 158 g/mol. The Bertz CT molecular complexity index is 189. The number of alkyl halides is 1. The number of allylic oxidation sites excluding steroid dienone is 2. The molecule has 2 atom stereocenters. The van der Waals surface area contributed by atoms with Crippen LogP contribution in [-0.4, -0.2) is 30.6 Å². The summed E-state index contributed by atoms with van der Waals surface area (Å²) in [6, 6.07) is 0. The second-order valence-corrected chi connectivity index (χ2v) is 2.57. The molecule has 1 aliphatic rings. The van der Waals surface area contributed by atoms with Gasteiger partial charge in [-0.1, -0.05) is 12.2 Å². The fraction of sp³-hybridized carbons (Fsp3) is 0.500. The highest BCUT2D eigenvalue weighted by Gasteiger charge is 2.34. The Hall–Kier alpha value is -0.670. The third-order valence-corrected chi connectivity index (χ3v) is 1.63. The van der Waals surface area contributed by atoms with E-state index >= 15 is 0 Å². The molecular weight excluding hydrogens is 147 g/mol. The third-order valence-electron chi connectivity index (χ3n) is 1.63. The van der Waals surface area contributed by atoms with Crippen molar-refractivity contribution in [3.8, 4) is 0 Å². The van der Waals surface area contributed by atoms with Crippen LogP contribution in [0.4, 0.5) is 4.39 Å². The van der Waals surface area contributed by atoms with E-state index in [9.17, 15) is 9.50 Å². The van der Waals surface area contributed by atoms with Gasteiger partial charge in [0.1, 0.15) is 5.60 Å². The zero-order chi connectivity index (χ0) is 8.32. The number of hydrogen-bond acceptors (Lipinski definition) is 2. The average Bonchev–Trinajstić information content (AvgIpc) is 1.96. The Morgan fingerprint density at radius 1 is 1.64 bits per heavy atom. The fourth-order valence-corrected chi connectivity index (χ4v) is 1.00. The zero-order valence-corrected chi connectivity index (χ0v) is 6.33. The molecule has 0 bridgehead atoms. The topological polar surface area (TPSA) is 29.5 Å². The van der Waals surface area contributed by atoms with Crippen molar-refractivity contribution >= 4 is 0 Å². The number of hydrogen-bond donors (Lipinski definition) is 1. The number of rotatable bonds is 2. The standard InChI is InChI=1S/C8H11FO2/c1-11-6-8(10)5-3-2-4-7(8)9/h2-5,7,10H,6H2,1H3. The van der Waals surface area contributed by atoms with Crippen molar-refractivity contribution in [2.24, 2.45) is 0 Å². The van der Waals surface area contributed by atoms with Crippen LogP contribution in [0.1, 0.15) is 0 Å². The van der Waals surface area contributed by atoms with Crippen molar-refractivity contribution < 1.29 is 14.2 Å². The number of ether oxygens (including phenoxy) is 1. The molecule has 0 saturated heterocycles. The lowest BCUT2D eigenvalue weighted by molar-refractivity contribution is -0.0346. The summed E-state index contributed by atoms with van der Waals surface area (Å²) < 4.78 is 17.6. The lowest BCUT2D eigenvalue weighted by Crippen LogP contribution is -2.42. The Labute approximate surface area is 65.0 Å². The van der Waals surface area contributed by atoms with E-state index in [2.05, 4.69) is 4.74 Å². The molecular formula is C8H11FO2. The lowest BCUT2D eigenvalue weighted by atomic mass is 9.94. The van der Waals surface area contributed by atoms with Gasteiger partial charge in [0.15, 0.2) is 6.17 Å². The molecule has 0 aromatic carbocycles. The molecule has 0 amide bonds. The van der Waals surface area contributed by atoms with Crippen LogP contribution < -0.4 is 0 Å². The molecule has 0 aromatic heterocycles. The Balaban J connectivity index is 2.68. The Morgan fingerprint density at radius 3 is 2.91 bits per heavy atom. The Morgan fingerprint density at radius 2 is 2.36 bits per heavy atom.